The molecule has 1 aromatic heterocycles. The number of hydrogen-bond donors (Lipinski definition) is 1. The summed E-state index contributed by atoms with van der Waals surface area (Å²) in [4.78, 5) is 15.2. The predicted molar refractivity (Wildman–Crippen MR) is 89.5 cm³/mol. The van der Waals surface area contributed by atoms with Crippen molar-refractivity contribution in [1.82, 2.24) is 9.62 Å². The smallest absolute Gasteiger partial charge is 0.246 e. The van der Waals surface area contributed by atoms with Crippen molar-refractivity contribution in [1.29, 1.82) is 0 Å². The second-order valence-electron chi connectivity index (χ2n) is 6.24. The van der Waals surface area contributed by atoms with E-state index in [0.717, 1.165) is 11.1 Å². The fraction of sp³-hybridized carbons (Fsp3) is 0.533. The molecular weight excluding hydrogens is 336 g/mol. The number of sulfonamides is 1. The molecule has 3 heterocycles. The van der Waals surface area contributed by atoms with Gasteiger partial charge in [-0.2, -0.15) is 0 Å². The number of amides is 1. The Morgan fingerprint density at radius 2 is 2.43 bits per heavy atom. The minimum Gasteiger partial charge on any atom is -0.380 e. The van der Waals surface area contributed by atoms with E-state index in [-0.39, 0.29) is 17.2 Å². The molecule has 3 rings (SSSR count). The van der Waals surface area contributed by atoms with Gasteiger partial charge < -0.3 is 9.64 Å². The molecule has 2 saturated heterocycles. The van der Waals surface area contributed by atoms with Gasteiger partial charge in [-0.05, 0) is 17.5 Å². The second kappa shape index (κ2) is 6.35. The van der Waals surface area contributed by atoms with E-state index in [9.17, 15) is 13.2 Å². The predicted octanol–water partition coefficient (Wildman–Crippen LogP) is 0.786. The summed E-state index contributed by atoms with van der Waals surface area (Å²) < 4.78 is 30.9. The van der Waals surface area contributed by atoms with Crippen LogP contribution in [0.4, 0.5) is 0 Å². The molecular formula is C15H20N2O4S2. The minimum atomic E-state index is -3.25. The number of nitrogens with one attached hydrogen (secondary N) is 1. The molecule has 2 aliphatic heterocycles. The molecule has 8 heteroatoms. The van der Waals surface area contributed by atoms with Crippen LogP contribution in [0, 0.1) is 11.3 Å². The number of likely N-dealkylation sites (tertiary alicyclic amines) is 1. The van der Waals surface area contributed by atoms with Gasteiger partial charge in [0, 0.05) is 41.9 Å². The van der Waals surface area contributed by atoms with E-state index in [1.54, 1.807) is 22.3 Å². The maximum atomic E-state index is 12.4. The molecule has 0 unspecified atom stereocenters. The number of carbonyl (C=O) groups excluding carboxylic acids is 1. The second-order valence-corrected chi connectivity index (χ2v) is 9.05. The van der Waals surface area contributed by atoms with Crippen LogP contribution in [0.5, 0.6) is 0 Å². The lowest BCUT2D eigenvalue weighted by atomic mass is 9.81. The Balaban J connectivity index is 1.66. The Hall–Kier alpha value is -1.22. The van der Waals surface area contributed by atoms with Crippen LogP contribution in [0.3, 0.4) is 0 Å². The molecule has 2 fully saturated rings. The van der Waals surface area contributed by atoms with E-state index in [1.165, 1.54) is 0 Å². The van der Waals surface area contributed by atoms with Crippen LogP contribution in [0.25, 0.3) is 6.08 Å². The Bertz CT molecular complexity index is 699. The highest BCUT2D eigenvalue weighted by Crippen LogP contribution is 2.41. The summed E-state index contributed by atoms with van der Waals surface area (Å²) in [5, 5.41) is 1.97. The molecule has 0 spiro atoms. The van der Waals surface area contributed by atoms with Gasteiger partial charge >= 0.3 is 0 Å². The monoisotopic (exact) mass is 356 g/mol. The lowest BCUT2D eigenvalue weighted by Gasteiger charge is -2.26. The van der Waals surface area contributed by atoms with Crippen LogP contribution in [0.2, 0.25) is 0 Å². The van der Waals surface area contributed by atoms with Crippen molar-refractivity contribution in [3.8, 4) is 0 Å². The summed E-state index contributed by atoms with van der Waals surface area (Å²) >= 11 is 1.58. The van der Waals surface area contributed by atoms with Crippen molar-refractivity contribution in [2.45, 2.75) is 0 Å². The van der Waals surface area contributed by atoms with Crippen LogP contribution in [0.15, 0.2) is 23.6 Å². The highest BCUT2D eigenvalue weighted by Gasteiger charge is 2.51. The van der Waals surface area contributed by atoms with Gasteiger partial charge in [-0.15, -0.1) is 11.3 Å². The van der Waals surface area contributed by atoms with Gasteiger partial charge in [-0.25, -0.2) is 13.1 Å². The lowest BCUT2D eigenvalue weighted by molar-refractivity contribution is -0.125. The van der Waals surface area contributed by atoms with Gasteiger partial charge in [0.25, 0.3) is 0 Å². The first-order chi connectivity index (χ1) is 10.9. The molecule has 2 atom stereocenters. The third-order valence-corrected chi connectivity index (χ3v) is 5.96. The first-order valence-corrected chi connectivity index (χ1v) is 10.2. The highest BCUT2D eigenvalue weighted by molar-refractivity contribution is 7.88. The zero-order chi connectivity index (χ0) is 16.5. The first kappa shape index (κ1) is 16.6. The van der Waals surface area contributed by atoms with Crippen molar-refractivity contribution in [2.24, 2.45) is 11.3 Å². The topological polar surface area (TPSA) is 75.7 Å². The molecule has 1 aromatic rings. The number of nitrogens with zero attached hydrogens (tertiary/aromatic N) is 1. The molecule has 0 aromatic carbocycles. The van der Waals surface area contributed by atoms with Crippen molar-refractivity contribution >= 4 is 33.3 Å². The number of ether oxygens (including phenoxy) is 1. The molecule has 126 valence electrons. The molecule has 0 aliphatic carbocycles. The molecule has 1 amide bonds. The van der Waals surface area contributed by atoms with E-state index >= 15 is 0 Å². The van der Waals surface area contributed by atoms with E-state index in [2.05, 4.69) is 4.72 Å². The normalized spacial score (nSPS) is 27.7. The Morgan fingerprint density at radius 1 is 1.61 bits per heavy atom. The number of rotatable bonds is 5. The minimum absolute atomic E-state index is 0.0356. The first-order valence-electron chi connectivity index (χ1n) is 7.41. The SMILES string of the molecule is CS(=O)(=O)NC[C@@]12COC[C@@H]1CN(C(=O)/C=C/c1cccs1)C2. The van der Waals surface area contributed by atoms with Crippen molar-refractivity contribution in [3.05, 3.63) is 28.5 Å². The van der Waals surface area contributed by atoms with Gasteiger partial charge in [0.2, 0.25) is 15.9 Å². The molecule has 0 radical (unpaired) electrons. The van der Waals surface area contributed by atoms with Gasteiger partial charge in [0.15, 0.2) is 0 Å². The van der Waals surface area contributed by atoms with Crippen molar-refractivity contribution in [2.75, 3.05) is 39.1 Å². The largest absolute Gasteiger partial charge is 0.380 e. The summed E-state index contributed by atoms with van der Waals surface area (Å²) in [7, 11) is -3.25. The third-order valence-electron chi connectivity index (χ3n) is 4.45. The standard InChI is InChI=1S/C15H20N2O4S2/c1-23(19,20)16-9-15-10-17(7-12(15)8-21-11-15)14(18)5-4-13-3-2-6-22-13/h2-6,12,16H,7-11H2,1H3/b5-4+/t12-,15+/m0/s1. The van der Waals surface area contributed by atoms with Crippen LogP contribution in [0.1, 0.15) is 4.88 Å². The molecule has 0 saturated carbocycles. The van der Waals surface area contributed by atoms with Crippen LogP contribution in [-0.2, 0) is 19.6 Å². The highest BCUT2D eigenvalue weighted by atomic mass is 32.2. The quantitative estimate of drug-likeness (QED) is 0.792. The van der Waals surface area contributed by atoms with Gasteiger partial charge in [-0.1, -0.05) is 6.07 Å². The zero-order valence-corrected chi connectivity index (χ0v) is 14.5. The zero-order valence-electron chi connectivity index (χ0n) is 12.9. The molecule has 1 N–H and O–H groups in total. The average molecular weight is 356 g/mol. The van der Waals surface area contributed by atoms with Gasteiger partial charge in [0.05, 0.1) is 19.5 Å². The Kier molecular flexibility index (Phi) is 4.59. The fourth-order valence-electron chi connectivity index (χ4n) is 3.17. The molecule has 23 heavy (non-hydrogen) atoms. The lowest BCUT2D eigenvalue weighted by Crippen LogP contribution is -2.43. The van der Waals surface area contributed by atoms with E-state index in [0.29, 0.717) is 32.8 Å². The van der Waals surface area contributed by atoms with E-state index < -0.39 is 10.0 Å². The molecule has 6 nitrogen and oxygen atoms in total. The number of carbonyl (C=O) groups is 1. The number of thiophene rings is 1. The molecule has 2 aliphatic rings. The maximum Gasteiger partial charge on any atom is 0.246 e. The fourth-order valence-corrected chi connectivity index (χ4v) is 4.34. The van der Waals surface area contributed by atoms with Crippen molar-refractivity contribution < 1.29 is 17.9 Å². The van der Waals surface area contributed by atoms with Gasteiger partial charge in [-0.3, -0.25) is 4.79 Å². The summed E-state index contributed by atoms with van der Waals surface area (Å²) in [6.45, 7) is 2.50. The maximum absolute atomic E-state index is 12.4. The summed E-state index contributed by atoms with van der Waals surface area (Å²) in [5.41, 5.74) is -0.310. The van der Waals surface area contributed by atoms with E-state index in [4.69, 9.17) is 4.74 Å². The number of hydrogen-bond acceptors (Lipinski definition) is 5. The summed E-state index contributed by atoms with van der Waals surface area (Å²) in [6, 6.07) is 3.90. The third kappa shape index (κ3) is 3.82. The number of fused-ring (bicyclic) bond motifs is 1. The van der Waals surface area contributed by atoms with Crippen LogP contribution in [-0.4, -0.2) is 58.3 Å². The Labute approximate surface area is 140 Å². The van der Waals surface area contributed by atoms with E-state index in [1.807, 2.05) is 23.6 Å². The summed E-state index contributed by atoms with van der Waals surface area (Å²) in [6.07, 6.45) is 4.56. The van der Waals surface area contributed by atoms with Crippen LogP contribution < -0.4 is 4.72 Å². The molecule has 0 bridgehead atoms. The van der Waals surface area contributed by atoms with Crippen LogP contribution >= 0.6 is 11.3 Å². The van der Waals surface area contributed by atoms with Gasteiger partial charge in [0.1, 0.15) is 0 Å². The Morgan fingerprint density at radius 3 is 3.13 bits per heavy atom. The average Bonchev–Trinajstić information content (AvgIpc) is 3.17. The summed E-state index contributed by atoms with van der Waals surface area (Å²) in [5.74, 6) is 0.141. The van der Waals surface area contributed by atoms with Crippen molar-refractivity contribution in [3.63, 3.8) is 0 Å².